The Hall–Kier alpha value is -2.68. The van der Waals surface area contributed by atoms with Gasteiger partial charge in [0.05, 0.1) is 5.57 Å². The second kappa shape index (κ2) is 5.02. The van der Waals surface area contributed by atoms with E-state index in [1.807, 2.05) is 44.2 Å². The number of hydrogen-bond donors (Lipinski definition) is 1. The standard InChI is InChI=1S/C18H15NO2/c1-11-3-6-13(7-4-11)17(20)10-15-14-9-12(2)5-8-16(14)19-18(15)21/h3-10H,1-2H3,(H,19,21). The van der Waals surface area contributed by atoms with Gasteiger partial charge in [-0.15, -0.1) is 0 Å². The van der Waals surface area contributed by atoms with Crippen molar-refractivity contribution in [2.24, 2.45) is 0 Å². The minimum atomic E-state index is -0.226. The van der Waals surface area contributed by atoms with Gasteiger partial charge in [0.25, 0.3) is 5.91 Å². The predicted octanol–water partition coefficient (Wildman–Crippen LogP) is 3.52. The van der Waals surface area contributed by atoms with Gasteiger partial charge in [-0.05, 0) is 32.1 Å². The Kier molecular flexibility index (Phi) is 3.18. The maximum absolute atomic E-state index is 12.3. The number of benzene rings is 2. The molecule has 1 aliphatic heterocycles. The lowest BCUT2D eigenvalue weighted by atomic mass is 10.0. The van der Waals surface area contributed by atoms with Crippen molar-refractivity contribution in [1.29, 1.82) is 0 Å². The number of aryl methyl sites for hydroxylation is 2. The van der Waals surface area contributed by atoms with E-state index < -0.39 is 0 Å². The molecule has 2 aromatic rings. The number of carbonyl (C=O) groups is 2. The van der Waals surface area contributed by atoms with Crippen LogP contribution >= 0.6 is 0 Å². The van der Waals surface area contributed by atoms with Crippen LogP contribution < -0.4 is 5.32 Å². The minimum Gasteiger partial charge on any atom is -0.321 e. The molecular weight excluding hydrogens is 262 g/mol. The molecule has 1 amide bonds. The number of hydrogen-bond acceptors (Lipinski definition) is 2. The lowest BCUT2D eigenvalue weighted by Crippen LogP contribution is -2.06. The van der Waals surface area contributed by atoms with E-state index in [0.717, 1.165) is 22.4 Å². The molecule has 0 aromatic heterocycles. The summed E-state index contributed by atoms with van der Waals surface area (Å²) in [7, 11) is 0. The van der Waals surface area contributed by atoms with Crippen LogP contribution in [0.1, 0.15) is 27.0 Å². The highest BCUT2D eigenvalue weighted by molar-refractivity contribution is 6.35. The van der Waals surface area contributed by atoms with Crippen LogP contribution in [-0.2, 0) is 4.79 Å². The van der Waals surface area contributed by atoms with Crippen molar-refractivity contribution >= 4 is 23.0 Å². The highest BCUT2D eigenvalue weighted by Crippen LogP contribution is 2.32. The summed E-state index contributed by atoms with van der Waals surface area (Å²) in [5.74, 6) is -0.384. The van der Waals surface area contributed by atoms with Crippen LogP contribution in [0.2, 0.25) is 0 Å². The molecular formula is C18H15NO2. The minimum absolute atomic E-state index is 0.158. The van der Waals surface area contributed by atoms with E-state index in [4.69, 9.17) is 0 Å². The zero-order valence-corrected chi connectivity index (χ0v) is 11.9. The van der Waals surface area contributed by atoms with Crippen molar-refractivity contribution in [3.63, 3.8) is 0 Å². The van der Waals surface area contributed by atoms with E-state index in [2.05, 4.69) is 5.32 Å². The fourth-order valence-corrected chi connectivity index (χ4v) is 2.38. The summed E-state index contributed by atoms with van der Waals surface area (Å²) < 4.78 is 0. The largest absolute Gasteiger partial charge is 0.321 e. The van der Waals surface area contributed by atoms with Gasteiger partial charge in [0.2, 0.25) is 0 Å². The van der Waals surface area contributed by atoms with Crippen molar-refractivity contribution in [2.75, 3.05) is 5.32 Å². The molecule has 0 atom stereocenters. The van der Waals surface area contributed by atoms with Crippen LogP contribution in [-0.4, -0.2) is 11.7 Å². The molecule has 2 aromatic carbocycles. The normalized spacial score (nSPS) is 15.0. The Balaban J connectivity index is 2.00. The van der Waals surface area contributed by atoms with Crippen LogP contribution in [0.3, 0.4) is 0 Å². The Bertz CT molecular complexity index is 770. The molecule has 0 aliphatic carbocycles. The average Bonchev–Trinajstić information content (AvgIpc) is 2.76. The van der Waals surface area contributed by atoms with E-state index in [1.165, 1.54) is 6.08 Å². The van der Waals surface area contributed by atoms with Crippen molar-refractivity contribution < 1.29 is 9.59 Å². The van der Waals surface area contributed by atoms with Gasteiger partial charge in [-0.3, -0.25) is 9.59 Å². The van der Waals surface area contributed by atoms with Gasteiger partial charge in [0.1, 0.15) is 0 Å². The molecule has 1 N–H and O–H groups in total. The van der Waals surface area contributed by atoms with Gasteiger partial charge in [-0.1, -0.05) is 41.5 Å². The number of allylic oxidation sites excluding steroid dienone is 1. The first-order valence-electron chi connectivity index (χ1n) is 6.79. The van der Waals surface area contributed by atoms with Crippen molar-refractivity contribution in [1.82, 2.24) is 0 Å². The maximum atomic E-state index is 12.3. The fourth-order valence-electron chi connectivity index (χ4n) is 2.38. The molecule has 0 fully saturated rings. The second-order valence-electron chi connectivity index (χ2n) is 5.29. The Labute approximate surface area is 123 Å². The number of fused-ring (bicyclic) bond motifs is 1. The van der Waals surface area contributed by atoms with Crippen molar-refractivity contribution in [3.8, 4) is 0 Å². The van der Waals surface area contributed by atoms with E-state index in [-0.39, 0.29) is 11.7 Å². The van der Waals surface area contributed by atoms with Crippen LogP contribution in [0.5, 0.6) is 0 Å². The van der Waals surface area contributed by atoms with Crippen LogP contribution in [0, 0.1) is 13.8 Å². The number of ketones is 1. The topological polar surface area (TPSA) is 46.2 Å². The van der Waals surface area contributed by atoms with Gasteiger partial charge >= 0.3 is 0 Å². The molecule has 0 saturated carbocycles. The van der Waals surface area contributed by atoms with E-state index in [1.54, 1.807) is 12.1 Å². The molecule has 104 valence electrons. The van der Waals surface area contributed by atoms with Gasteiger partial charge < -0.3 is 5.32 Å². The first kappa shape index (κ1) is 13.3. The summed E-state index contributed by atoms with van der Waals surface area (Å²) in [6.07, 6.45) is 1.42. The van der Waals surface area contributed by atoms with E-state index in [9.17, 15) is 9.59 Å². The quantitative estimate of drug-likeness (QED) is 0.674. The van der Waals surface area contributed by atoms with Gasteiger partial charge in [0, 0.05) is 16.8 Å². The van der Waals surface area contributed by atoms with Crippen molar-refractivity contribution in [3.05, 3.63) is 70.8 Å². The van der Waals surface area contributed by atoms with Crippen LogP contribution in [0.15, 0.2) is 48.5 Å². The number of carbonyl (C=O) groups excluding carboxylic acids is 2. The summed E-state index contributed by atoms with van der Waals surface area (Å²) in [6.45, 7) is 3.93. The average molecular weight is 277 g/mol. The monoisotopic (exact) mass is 277 g/mol. The van der Waals surface area contributed by atoms with Gasteiger partial charge in [-0.25, -0.2) is 0 Å². The molecule has 1 aliphatic rings. The molecule has 0 unspecified atom stereocenters. The van der Waals surface area contributed by atoms with E-state index >= 15 is 0 Å². The third-order valence-electron chi connectivity index (χ3n) is 3.57. The first-order valence-corrected chi connectivity index (χ1v) is 6.79. The smallest absolute Gasteiger partial charge is 0.256 e. The lowest BCUT2D eigenvalue weighted by Gasteiger charge is -2.01. The van der Waals surface area contributed by atoms with Crippen LogP contribution in [0.25, 0.3) is 5.57 Å². The highest BCUT2D eigenvalue weighted by Gasteiger charge is 2.24. The van der Waals surface area contributed by atoms with Crippen molar-refractivity contribution in [2.45, 2.75) is 13.8 Å². The zero-order valence-electron chi connectivity index (χ0n) is 11.9. The molecule has 0 bridgehead atoms. The molecule has 21 heavy (non-hydrogen) atoms. The second-order valence-corrected chi connectivity index (χ2v) is 5.29. The molecule has 0 saturated heterocycles. The Morgan fingerprint density at radius 3 is 2.38 bits per heavy atom. The molecule has 3 heteroatoms. The summed E-state index contributed by atoms with van der Waals surface area (Å²) >= 11 is 0. The summed E-state index contributed by atoms with van der Waals surface area (Å²) in [5.41, 5.74) is 4.72. The zero-order chi connectivity index (χ0) is 15.0. The van der Waals surface area contributed by atoms with Gasteiger partial charge in [-0.2, -0.15) is 0 Å². The Morgan fingerprint density at radius 1 is 1.00 bits per heavy atom. The van der Waals surface area contributed by atoms with E-state index in [0.29, 0.717) is 11.1 Å². The third kappa shape index (κ3) is 2.50. The SMILES string of the molecule is Cc1ccc(C(=O)C=C2C(=O)Nc3ccc(C)cc32)cc1. The first-order chi connectivity index (χ1) is 10.0. The molecule has 0 radical (unpaired) electrons. The Morgan fingerprint density at radius 2 is 1.67 bits per heavy atom. The summed E-state index contributed by atoms with van der Waals surface area (Å²) in [6, 6.07) is 13.0. The molecule has 0 spiro atoms. The summed E-state index contributed by atoms with van der Waals surface area (Å²) in [4.78, 5) is 24.3. The number of anilines is 1. The third-order valence-corrected chi connectivity index (χ3v) is 3.57. The molecule has 1 heterocycles. The number of rotatable bonds is 2. The van der Waals surface area contributed by atoms with Gasteiger partial charge in [0.15, 0.2) is 5.78 Å². The number of amides is 1. The lowest BCUT2D eigenvalue weighted by molar-refractivity contribution is -0.110. The maximum Gasteiger partial charge on any atom is 0.256 e. The molecule has 3 rings (SSSR count). The predicted molar refractivity (Wildman–Crippen MR) is 83.3 cm³/mol. The highest BCUT2D eigenvalue weighted by atomic mass is 16.2. The number of nitrogens with one attached hydrogen (secondary N) is 1. The van der Waals surface area contributed by atoms with Crippen LogP contribution in [0.4, 0.5) is 5.69 Å². The molecule has 3 nitrogen and oxygen atoms in total. The fraction of sp³-hybridized carbons (Fsp3) is 0.111. The summed E-state index contributed by atoms with van der Waals surface area (Å²) in [5, 5.41) is 2.78.